The molecule has 1 aromatic carbocycles. The number of halogens is 1. The SMILES string of the molecule is CCCNCC(CCOCC)Cc1ccc(Cl)cc1. The summed E-state index contributed by atoms with van der Waals surface area (Å²) >= 11 is 5.92. The highest BCUT2D eigenvalue weighted by atomic mass is 35.5. The topological polar surface area (TPSA) is 21.3 Å². The lowest BCUT2D eigenvalue weighted by Crippen LogP contribution is -2.26. The Labute approximate surface area is 122 Å². The van der Waals surface area contributed by atoms with Crippen LogP contribution >= 0.6 is 11.6 Å². The van der Waals surface area contributed by atoms with E-state index in [0.29, 0.717) is 5.92 Å². The summed E-state index contributed by atoms with van der Waals surface area (Å²) in [6.07, 6.45) is 3.37. The van der Waals surface area contributed by atoms with Crippen molar-refractivity contribution in [2.45, 2.75) is 33.1 Å². The Morgan fingerprint density at radius 3 is 2.58 bits per heavy atom. The first-order valence-electron chi connectivity index (χ1n) is 7.29. The summed E-state index contributed by atoms with van der Waals surface area (Å²) in [6.45, 7) is 8.04. The molecule has 0 aliphatic rings. The highest BCUT2D eigenvalue weighted by Gasteiger charge is 2.09. The van der Waals surface area contributed by atoms with Crippen LogP contribution in [0.5, 0.6) is 0 Å². The molecular formula is C16H26ClNO. The third-order valence-corrected chi connectivity index (χ3v) is 3.42. The fraction of sp³-hybridized carbons (Fsp3) is 0.625. The maximum absolute atomic E-state index is 5.92. The molecule has 0 fully saturated rings. The van der Waals surface area contributed by atoms with Crippen molar-refractivity contribution in [2.75, 3.05) is 26.3 Å². The van der Waals surface area contributed by atoms with Crippen molar-refractivity contribution < 1.29 is 4.74 Å². The van der Waals surface area contributed by atoms with E-state index >= 15 is 0 Å². The minimum atomic E-state index is 0.624. The Morgan fingerprint density at radius 1 is 1.21 bits per heavy atom. The zero-order valence-electron chi connectivity index (χ0n) is 12.1. The predicted octanol–water partition coefficient (Wildman–Crippen LogP) is 3.92. The molecule has 0 aromatic heterocycles. The summed E-state index contributed by atoms with van der Waals surface area (Å²) in [5.74, 6) is 0.624. The smallest absolute Gasteiger partial charge is 0.0469 e. The van der Waals surface area contributed by atoms with Crippen LogP contribution in [0.25, 0.3) is 0 Å². The largest absolute Gasteiger partial charge is 0.382 e. The minimum Gasteiger partial charge on any atom is -0.382 e. The lowest BCUT2D eigenvalue weighted by molar-refractivity contribution is 0.131. The molecule has 0 saturated carbocycles. The van der Waals surface area contributed by atoms with Crippen LogP contribution in [-0.2, 0) is 11.2 Å². The number of benzene rings is 1. The number of nitrogens with one attached hydrogen (secondary N) is 1. The molecule has 108 valence electrons. The maximum Gasteiger partial charge on any atom is 0.0469 e. The van der Waals surface area contributed by atoms with Gasteiger partial charge in [-0.2, -0.15) is 0 Å². The molecule has 0 amide bonds. The number of hydrogen-bond acceptors (Lipinski definition) is 2. The number of hydrogen-bond donors (Lipinski definition) is 1. The highest BCUT2D eigenvalue weighted by molar-refractivity contribution is 6.30. The van der Waals surface area contributed by atoms with Gasteiger partial charge in [-0.25, -0.2) is 0 Å². The minimum absolute atomic E-state index is 0.624. The van der Waals surface area contributed by atoms with E-state index in [4.69, 9.17) is 16.3 Å². The van der Waals surface area contributed by atoms with Crippen molar-refractivity contribution in [3.63, 3.8) is 0 Å². The second-order valence-electron chi connectivity index (χ2n) is 4.89. The second kappa shape index (κ2) is 10.2. The average Bonchev–Trinajstić information content (AvgIpc) is 2.41. The fourth-order valence-corrected chi connectivity index (χ4v) is 2.23. The molecule has 0 radical (unpaired) electrons. The van der Waals surface area contributed by atoms with E-state index in [1.54, 1.807) is 0 Å². The van der Waals surface area contributed by atoms with E-state index in [9.17, 15) is 0 Å². The zero-order chi connectivity index (χ0) is 13.9. The lowest BCUT2D eigenvalue weighted by atomic mass is 9.96. The van der Waals surface area contributed by atoms with Gasteiger partial charge in [-0.15, -0.1) is 0 Å². The van der Waals surface area contributed by atoms with Crippen molar-refractivity contribution in [3.05, 3.63) is 34.9 Å². The Balaban J connectivity index is 2.44. The molecule has 1 rings (SSSR count). The first-order valence-corrected chi connectivity index (χ1v) is 7.67. The van der Waals surface area contributed by atoms with E-state index in [1.807, 2.05) is 19.1 Å². The average molecular weight is 284 g/mol. The van der Waals surface area contributed by atoms with Gasteiger partial charge < -0.3 is 10.1 Å². The van der Waals surface area contributed by atoms with Gasteiger partial charge in [-0.05, 0) is 62.9 Å². The molecule has 1 unspecified atom stereocenters. The maximum atomic E-state index is 5.92. The summed E-state index contributed by atoms with van der Waals surface area (Å²) < 4.78 is 5.48. The normalized spacial score (nSPS) is 12.6. The van der Waals surface area contributed by atoms with Gasteiger partial charge in [0.1, 0.15) is 0 Å². The molecule has 0 heterocycles. The lowest BCUT2D eigenvalue weighted by Gasteiger charge is -2.17. The van der Waals surface area contributed by atoms with E-state index in [0.717, 1.165) is 44.2 Å². The summed E-state index contributed by atoms with van der Waals surface area (Å²) in [5, 5.41) is 4.32. The first-order chi connectivity index (χ1) is 9.26. The molecule has 1 N–H and O–H groups in total. The van der Waals surface area contributed by atoms with Gasteiger partial charge in [0.05, 0.1) is 0 Å². The second-order valence-corrected chi connectivity index (χ2v) is 5.32. The van der Waals surface area contributed by atoms with E-state index < -0.39 is 0 Å². The highest BCUT2D eigenvalue weighted by Crippen LogP contribution is 2.15. The molecule has 3 heteroatoms. The van der Waals surface area contributed by atoms with Crippen molar-refractivity contribution in [2.24, 2.45) is 5.92 Å². The molecule has 19 heavy (non-hydrogen) atoms. The van der Waals surface area contributed by atoms with Crippen molar-refractivity contribution in [3.8, 4) is 0 Å². The summed E-state index contributed by atoms with van der Waals surface area (Å²) in [6, 6.07) is 8.18. The summed E-state index contributed by atoms with van der Waals surface area (Å²) in [4.78, 5) is 0. The molecule has 0 bridgehead atoms. The van der Waals surface area contributed by atoms with Gasteiger partial charge in [0.15, 0.2) is 0 Å². The van der Waals surface area contributed by atoms with Gasteiger partial charge in [-0.3, -0.25) is 0 Å². The van der Waals surface area contributed by atoms with Crippen molar-refractivity contribution in [1.29, 1.82) is 0 Å². The van der Waals surface area contributed by atoms with Crippen LogP contribution in [0.2, 0.25) is 5.02 Å². The van der Waals surface area contributed by atoms with Gasteiger partial charge >= 0.3 is 0 Å². The molecule has 1 atom stereocenters. The van der Waals surface area contributed by atoms with E-state index in [-0.39, 0.29) is 0 Å². The first kappa shape index (κ1) is 16.5. The number of ether oxygens (including phenoxy) is 1. The molecule has 0 spiro atoms. The van der Waals surface area contributed by atoms with E-state index in [2.05, 4.69) is 24.4 Å². The number of rotatable bonds is 10. The third kappa shape index (κ3) is 7.56. The zero-order valence-corrected chi connectivity index (χ0v) is 12.9. The fourth-order valence-electron chi connectivity index (χ4n) is 2.11. The molecular weight excluding hydrogens is 258 g/mol. The van der Waals surface area contributed by atoms with Crippen LogP contribution in [-0.4, -0.2) is 26.3 Å². The van der Waals surface area contributed by atoms with Crippen LogP contribution in [0, 0.1) is 5.92 Å². The van der Waals surface area contributed by atoms with Crippen molar-refractivity contribution in [1.82, 2.24) is 5.32 Å². The Hall–Kier alpha value is -0.570. The van der Waals surface area contributed by atoms with Gasteiger partial charge in [0.2, 0.25) is 0 Å². The summed E-state index contributed by atoms with van der Waals surface area (Å²) in [7, 11) is 0. The van der Waals surface area contributed by atoms with Crippen LogP contribution in [0.1, 0.15) is 32.3 Å². The Morgan fingerprint density at radius 2 is 1.95 bits per heavy atom. The van der Waals surface area contributed by atoms with Gasteiger partial charge in [0, 0.05) is 18.2 Å². The Bertz CT molecular complexity index is 316. The van der Waals surface area contributed by atoms with Crippen LogP contribution in [0.4, 0.5) is 0 Å². The van der Waals surface area contributed by atoms with Gasteiger partial charge in [-0.1, -0.05) is 30.7 Å². The standard InChI is InChI=1S/C16H26ClNO/c1-3-10-18-13-15(9-11-19-4-2)12-14-5-7-16(17)8-6-14/h5-8,15,18H,3-4,9-13H2,1-2H3. The van der Waals surface area contributed by atoms with Gasteiger partial charge in [0.25, 0.3) is 0 Å². The van der Waals surface area contributed by atoms with Crippen molar-refractivity contribution >= 4 is 11.6 Å². The monoisotopic (exact) mass is 283 g/mol. The summed E-state index contributed by atoms with van der Waals surface area (Å²) in [5.41, 5.74) is 1.35. The molecule has 1 aromatic rings. The van der Waals surface area contributed by atoms with E-state index in [1.165, 1.54) is 12.0 Å². The van der Waals surface area contributed by atoms with Crippen LogP contribution in [0.3, 0.4) is 0 Å². The molecule has 2 nitrogen and oxygen atoms in total. The van der Waals surface area contributed by atoms with Crippen LogP contribution < -0.4 is 5.32 Å². The third-order valence-electron chi connectivity index (χ3n) is 3.17. The molecule has 0 aliphatic carbocycles. The van der Waals surface area contributed by atoms with Crippen LogP contribution in [0.15, 0.2) is 24.3 Å². The molecule has 0 saturated heterocycles. The Kier molecular flexibility index (Phi) is 8.89. The predicted molar refractivity (Wildman–Crippen MR) is 82.9 cm³/mol. The quantitative estimate of drug-likeness (QED) is 0.657. The molecule has 0 aliphatic heterocycles.